The summed E-state index contributed by atoms with van der Waals surface area (Å²) in [5.41, 5.74) is 3.56. The van der Waals surface area contributed by atoms with E-state index in [9.17, 15) is 14.4 Å². The van der Waals surface area contributed by atoms with Crippen LogP contribution in [0.2, 0.25) is 0 Å². The number of urea groups is 1. The summed E-state index contributed by atoms with van der Waals surface area (Å²) in [6.45, 7) is -0.324. The van der Waals surface area contributed by atoms with Crippen molar-refractivity contribution in [3.05, 3.63) is 90.5 Å². The zero-order valence-corrected chi connectivity index (χ0v) is 17.0. The standard InChI is InChI=1S/C25H23N3O3/c29-23(26-21-14-8-7-13-20(21)19-11-5-2-6-12-19)17-28-24(30)22(27-25(28)31)16-15-18-9-3-1-4-10-18/h1-14,22H,15-17H2,(H,26,29)(H,27,31). The van der Waals surface area contributed by atoms with Crippen LogP contribution in [0.15, 0.2) is 84.9 Å². The zero-order chi connectivity index (χ0) is 21.6. The molecule has 0 aromatic heterocycles. The van der Waals surface area contributed by atoms with Crippen molar-refractivity contribution in [1.82, 2.24) is 10.2 Å². The van der Waals surface area contributed by atoms with E-state index in [2.05, 4.69) is 10.6 Å². The minimum Gasteiger partial charge on any atom is -0.326 e. The maximum Gasteiger partial charge on any atom is 0.325 e. The molecular weight excluding hydrogens is 390 g/mol. The van der Waals surface area contributed by atoms with Crippen LogP contribution in [-0.2, 0) is 16.0 Å². The smallest absolute Gasteiger partial charge is 0.325 e. The number of anilines is 1. The number of hydrogen-bond donors (Lipinski definition) is 2. The van der Waals surface area contributed by atoms with Gasteiger partial charge in [-0.15, -0.1) is 0 Å². The molecule has 2 N–H and O–H groups in total. The van der Waals surface area contributed by atoms with E-state index in [0.29, 0.717) is 18.5 Å². The van der Waals surface area contributed by atoms with Gasteiger partial charge in [0, 0.05) is 11.3 Å². The van der Waals surface area contributed by atoms with Crippen LogP contribution >= 0.6 is 0 Å². The Hall–Kier alpha value is -3.93. The van der Waals surface area contributed by atoms with E-state index in [-0.39, 0.29) is 12.5 Å². The lowest BCUT2D eigenvalue weighted by molar-refractivity contribution is -0.130. The van der Waals surface area contributed by atoms with Gasteiger partial charge in [0.2, 0.25) is 5.91 Å². The lowest BCUT2D eigenvalue weighted by Crippen LogP contribution is -2.38. The second-order valence-corrected chi connectivity index (χ2v) is 7.41. The molecule has 0 saturated carbocycles. The fourth-order valence-corrected chi connectivity index (χ4v) is 3.67. The number of nitrogens with zero attached hydrogens (tertiary/aromatic N) is 1. The summed E-state index contributed by atoms with van der Waals surface area (Å²) >= 11 is 0. The SMILES string of the molecule is O=C(CN1C(=O)NC(CCc2ccccc2)C1=O)Nc1ccccc1-c1ccccc1. The van der Waals surface area contributed by atoms with Gasteiger partial charge in [0.15, 0.2) is 0 Å². The molecule has 4 rings (SSSR count). The summed E-state index contributed by atoms with van der Waals surface area (Å²) in [6.07, 6.45) is 1.16. The average molecular weight is 413 g/mol. The Morgan fingerprint density at radius 3 is 2.26 bits per heavy atom. The van der Waals surface area contributed by atoms with Crippen molar-refractivity contribution in [2.45, 2.75) is 18.9 Å². The first-order valence-corrected chi connectivity index (χ1v) is 10.2. The van der Waals surface area contributed by atoms with Gasteiger partial charge >= 0.3 is 6.03 Å². The van der Waals surface area contributed by atoms with E-state index in [4.69, 9.17) is 0 Å². The monoisotopic (exact) mass is 413 g/mol. The van der Waals surface area contributed by atoms with Gasteiger partial charge < -0.3 is 10.6 Å². The maximum atomic E-state index is 12.7. The van der Waals surface area contributed by atoms with Gasteiger partial charge in [-0.1, -0.05) is 78.9 Å². The van der Waals surface area contributed by atoms with Crippen LogP contribution in [0.25, 0.3) is 11.1 Å². The van der Waals surface area contributed by atoms with Crippen molar-refractivity contribution in [2.24, 2.45) is 0 Å². The van der Waals surface area contributed by atoms with Crippen molar-refractivity contribution >= 4 is 23.5 Å². The molecule has 1 aliphatic heterocycles. The highest BCUT2D eigenvalue weighted by molar-refractivity contribution is 6.08. The maximum absolute atomic E-state index is 12.7. The molecule has 0 radical (unpaired) electrons. The van der Waals surface area contributed by atoms with Crippen molar-refractivity contribution in [3.63, 3.8) is 0 Å². The van der Waals surface area contributed by atoms with Gasteiger partial charge in [-0.3, -0.25) is 14.5 Å². The molecule has 1 unspecified atom stereocenters. The van der Waals surface area contributed by atoms with Crippen LogP contribution in [0, 0.1) is 0 Å². The molecular formula is C25H23N3O3. The Labute approximate surface area is 180 Å². The molecule has 3 aromatic rings. The van der Waals surface area contributed by atoms with Crippen molar-refractivity contribution in [2.75, 3.05) is 11.9 Å². The summed E-state index contributed by atoms with van der Waals surface area (Å²) < 4.78 is 0. The number of hydrogen-bond acceptors (Lipinski definition) is 3. The highest BCUT2D eigenvalue weighted by atomic mass is 16.2. The first kappa shape index (κ1) is 20.3. The Balaban J connectivity index is 1.39. The second-order valence-electron chi connectivity index (χ2n) is 7.41. The van der Waals surface area contributed by atoms with Crippen LogP contribution in [-0.4, -0.2) is 35.3 Å². The zero-order valence-electron chi connectivity index (χ0n) is 17.0. The lowest BCUT2D eigenvalue weighted by Gasteiger charge is -2.15. The number of imide groups is 1. The largest absolute Gasteiger partial charge is 0.326 e. The minimum absolute atomic E-state index is 0.324. The molecule has 156 valence electrons. The molecule has 1 fully saturated rings. The molecule has 0 aliphatic carbocycles. The predicted octanol–water partition coefficient (Wildman–Crippen LogP) is 3.85. The number of benzene rings is 3. The van der Waals surface area contributed by atoms with E-state index in [0.717, 1.165) is 21.6 Å². The Bertz CT molecular complexity index is 1080. The number of carbonyl (C=O) groups is 3. The molecule has 0 bridgehead atoms. The van der Waals surface area contributed by atoms with Gasteiger partial charge in [0.05, 0.1) is 0 Å². The molecule has 31 heavy (non-hydrogen) atoms. The number of rotatable bonds is 7. The van der Waals surface area contributed by atoms with Crippen LogP contribution in [0.4, 0.5) is 10.5 Å². The van der Waals surface area contributed by atoms with Gasteiger partial charge in [-0.05, 0) is 30.0 Å². The molecule has 1 saturated heterocycles. The first-order chi connectivity index (χ1) is 15.1. The highest BCUT2D eigenvalue weighted by Gasteiger charge is 2.38. The average Bonchev–Trinajstić information content (AvgIpc) is 3.07. The van der Waals surface area contributed by atoms with E-state index in [1.807, 2.05) is 78.9 Å². The normalized spacial score (nSPS) is 15.6. The second kappa shape index (κ2) is 9.26. The van der Waals surface area contributed by atoms with Crippen molar-refractivity contribution in [3.8, 4) is 11.1 Å². The summed E-state index contributed by atoms with van der Waals surface area (Å²) in [4.78, 5) is 38.6. The molecule has 0 spiro atoms. The summed E-state index contributed by atoms with van der Waals surface area (Å²) in [7, 11) is 0. The number of amides is 4. The third kappa shape index (κ3) is 4.80. The molecule has 1 aliphatic rings. The highest BCUT2D eigenvalue weighted by Crippen LogP contribution is 2.27. The molecule has 6 nitrogen and oxygen atoms in total. The Kier molecular flexibility index (Phi) is 6.08. The van der Waals surface area contributed by atoms with Crippen molar-refractivity contribution in [1.29, 1.82) is 0 Å². The van der Waals surface area contributed by atoms with Gasteiger partial charge in [0.1, 0.15) is 12.6 Å². The number of carbonyl (C=O) groups excluding carboxylic acids is 3. The predicted molar refractivity (Wildman–Crippen MR) is 119 cm³/mol. The molecule has 1 heterocycles. The fourth-order valence-electron chi connectivity index (χ4n) is 3.67. The van der Waals surface area contributed by atoms with Gasteiger partial charge in [-0.2, -0.15) is 0 Å². The van der Waals surface area contributed by atoms with Crippen LogP contribution in [0.5, 0.6) is 0 Å². The quantitative estimate of drug-likeness (QED) is 0.578. The first-order valence-electron chi connectivity index (χ1n) is 10.2. The van der Waals surface area contributed by atoms with E-state index >= 15 is 0 Å². The van der Waals surface area contributed by atoms with Crippen molar-refractivity contribution < 1.29 is 14.4 Å². The molecule has 1 atom stereocenters. The third-order valence-electron chi connectivity index (χ3n) is 5.26. The number of aryl methyl sites for hydroxylation is 1. The Morgan fingerprint density at radius 1 is 0.871 bits per heavy atom. The van der Waals surface area contributed by atoms with E-state index in [1.165, 1.54) is 0 Å². The van der Waals surface area contributed by atoms with Crippen LogP contribution < -0.4 is 10.6 Å². The summed E-state index contributed by atoms with van der Waals surface area (Å²) in [6, 6.07) is 25.8. The van der Waals surface area contributed by atoms with E-state index < -0.39 is 18.0 Å². The number of nitrogens with one attached hydrogen (secondary N) is 2. The van der Waals surface area contributed by atoms with Crippen LogP contribution in [0.1, 0.15) is 12.0 Å². The van der Waals surface area contributed by atoms with Gasteiger partial charge in [-0.25, -0.2) is 4.79 Å². The fraction of sp³-hybridized carbons (Fsp3) is 0.160. The van der Waals surface area contributed by atoms with E-state index in [1.54, 1.807) is 6.07 Å². The summed E-state index contributed by atoms with van der Waals surface area (Å²) in [5, 5.41) is 5.52. The minimum atomic E-state index is -0.614. The third-order valence-corrected chi connectivity index (χ3v) is 5.26. The van der Waals surface area contributed by atoms with Crippen LogP contribution in [0.3, 0.4) is 0 Å². The lowest BCUT2D eigenvalue weighted by atomic mass is 10.0. The Morgan fingerprint density at radius 2 is 1.52 bits per heavy atom. The molecule has 6 heteroatoms. The number of para-hydroxylation sites is 1. The summed E-state index contributed by atoms with van der Waals surface area (Å²) in [5.74, 6) is -0.789. The molecule has 4 amide bonds. The van der Waals surface area contributed by atoms with Gasteiger partial charge in [0.25, 0.3) is 5.91 Å². The molecule has 3 aromatic carbocycles. The topological polar surface area (TPSA) is 78.5 Å².